The number of carbonyl (C=O) groups is 1. The molecule has 0 aliphatic carbocycles. The summed E-state index contributed by atoms with van der Waals surface area (Å²) in [6.07, 6.45) is 7.57. The molecule has 0 heterocycles. The molecule has 0 aromatic rings. The minimum atomic E-state index is -0.363. The number of hydrogen-bond acceptors (Lipinski definition) is 3. The molecule has 3 nitrogen and oxygen atoms in total. The fourth-order valence-electron chi connectivity index (χ4n) is 1.34. The van der Waals surface area contributed by atoms with Crippen LogP contribution in [0.1, 0.15) is 39.5 Å². The Hall–Kier alpha value is -0.900. The van der Waals surface area contributed by atoms with Crippen molar-refractivity contribution in [2.75, 3.05) is 20.2 Å². The van der Waals surface area contributed by atoms with Gasteiger partial charge in [-0.05, 0) is 18.9 Å². The summed E-state index contributed by atoms with van der Waals surface area (Å²) in [5.41, 5.74) is 0. The van der Waals surface area contributed by atoms with Crippen LogP contribution in [0.25, 0.3) is 0 Å². The Labute approximate surface area is 110 Å². The van der Waals surface area contributed by atoms with E-state index in [4.69, 9.17) is 12.2 Å². The van der Waals surface area contributed by atoms with E-state index in [-0.39, 0.29) is 5.97 Å². The Morgan fingerprint density at radius 2 is 1.71 bits per heavy atom. The molecule has 0 unspecified atom stereocenters. The second-order valence-corrected chi connectivity index (χ2v) is 4.31. The molecular formula is C13H23NO2S. The predicted octanol–water partition coefficient (Wildman–Crippen LogP) is 2.95. The summed E-state index contributed by atoms with van der Waals surface area (Å²) < 4.78 is 4.54. The molecule has 0 radical (unpaired) electrons. The lowest BCUT2D eigenvalue weighted by Gasteiger charge is -2.23. The lowest BCUT2D eigenvalue weighted by molar-refractivity contribution is -0.134. The van der Waals surface area contributed by atoms with Gasteiger partial charge in [0, 0.05) is 19.2 Å². The largest absolute Gasteiger partial charge is 0.466 e. The Morgan fingerprint density at radius 3 is 2.12 bits per heavy atom. The number of ether oxygens (including phenoxy) is 1. The van der Waals surface area contributed by atoms with E-state index in [0.29, 0.717) is 0 Å². The molecule has 0 bridgehead atoms. The van der Waals surface area contributed by atoms with Gasteiger partial charge in [0.15, 0.2) is 0 Å². The number of hydrogen-bond donors (Lipinski definition) is 0. The van der Waals surface area contributed by atoms with Gasteiger partial charge in [0.1, 0.15) is 4.99 Å². The Bertz CT molecular complexity index is 256. The van der Waals surface area contributed by atoms with Crippen LogP contribution in [0.4, 0.5) is 0 Å². The van der Waals surface area contributed by atoms with Crippen molar-refractivity contribution in [3.05, 3.63) is 12.2 Å². The molecule has 0 saturated carbocycles. The highest BCUT2D eigenvalue weighted by molar-refractivity contribution is 7.80. The highest BCUT2D eigenvalue weighted by Gasteiger charge is 2.06. The van der Waals surface area contributed by atoms with E-state index in [1.165, 1.54) is 13.2 Å². The van der Waals surface area contributed by atoms with Crippen molar-refractivity contribution >= 4 is 23.2 Å². The van der Waals surface area contributed by atoms with Gasteiger partial charge in [0.2, 0.25) is 0 Å². The smallest absolute Gasteiger partial charge is 0.330 e. The summed E-state index contributed by atoms with van der Waals surface area (Å²) >= 11 is 5.30. The van der Waals surface area contributed by atoms with Crippen LogP contribution in [0.15, 0.2) is 12.2 Å². The molecule has 0 N–H and O–H groups in total. The van der Waals surface area contributed by atoms with Crippen LogP contribution in [0.3, 0.4) is 0 Å². The number of methoxy groups -OCH3 is 1. The first kappa shape index (κ1) is 16.1. The first-order chi connectivity index (χ1) is 8.15. The third-order valence-corrected chi connectivity index (χ3v) is 2.83. The molecule has 98 valence electrons. The van der Waals surface area contributed by atoms with Gasteiger partial charge in [-0.15, -0.1) is 0 Å². The zero-order valence-electron chi connectivity index (χ0n) is 11.1. The van der Waals surface area contributed by atoms with Crippen LogP contribution in [0, 0.1) is 0 Å². The Balaban J connectivity index is 4.29. The van der Waals surface area contributed by atoms with Gasteiger partial charge in [-0.25, -0.2) is 4.79 Å². The highest BCUT2D eigenvalue weighted by atomic mass is 32.1. The average molecular weight is 257 g/mol. The monoisotopic (exact) mass is 257 g/mol. The molecule has 0 rings (SSSR count). The molecule has 17 heavy (non-hydrogen) atoms. The van der Waals surface area contributed by atoms with Gasteiger partial charge in [-0.2, -0.15) is 0 Å². The van der Waals surface area contributed by atoms with Crippen molar-refractivity contribution in [1.82, 2.24) is 4.90 Å². The van der Waals surface area contributed by atoms with Crippen LogP contribution in [0.5, 0.6) is 0 Å². The van der Waals surface area contributed by atoms with Crippen molar-refractivity contribution in [2.24, 2.45) is 0 Å². The van der Waals surface area contributed by atoms with Crippen molar-refractivity contribution in [3.63, 3.8) is 0 Å². The number of unbranched alkanes of at least 4 members (excludes halogenated alkanes) is 2. The van der Waals surface area contributed by atoms with Gasteiger partial charge in [0.25, 0.3) is 0 Å². The normalized spacial score (nSPS) is 10.5. The second kappa shape index (κ2) is 10.3. The van der Waals surface area contributed by atoms with Crippen LogP contribution in [0.2, 0.25) is 0 Å². The second-order valence-electron chi connectivity index (χ2n) is 3.89. The zero-order chi connectivity index (χ0) is 13.1. The summed E-state index contributed by atoms with van der Waals surface area (Å²) in [6.45, 7) is 6.23. The van der Waals surface area contributed by atoms with E-state index >= 15 is 0 Å². The number of thiocarbonyl (C=S) groups is 1. The quantitative estimate of drug-likeness (QED) is 0.380. The van der Waals surface area contributed by atoms with Crippen LogP contribution in [-0.4, -0.2) is 36.1 Å². The minimum Gasteiger partial charge on any atom is -0.466 e. The molecule has 0 aromatic heterocycles. The van der Waals surface area contributed by atoms with E-state index in [1.54, 1.807) is 6.08 Å². The lowest BCUT2D eigenvalue weighted by atomic mass is 10.2. The summed E-state index contributed by atoms with van der Waals surface area (Å²) in [5, 5.41) is 0. The molecule has 0 fully saturated rings. The third-order valence-electron chi connectivity index (χ3n) is 2.44. The maximum absolute atomic E-state index is 11.0. The predicted molar refractivity (Wildman–Crippen MR) is 75.1 cm³/mol. The fourth-order valence-corrected chi connectivity index (χ4v) is 1.59. The molecule has 0 aromatic carbocycles. The standard InChI is InChI=1S/C13H23NO2S/c1-4-6-10-14(11-7-5-2)12(17)8-9-13(15)16-3/h8-9H,4-7,10-11H2,1-3H3. The third kappa shape index (κ3) is 7.91. The summed E-state index contributed by atoms with van der Waals surface area (Å²) in [4.78, 5) is 13.9. The number of rotatable bonds is 8. The fraction of sp³-hybridized carbons (Fsp3) is 0.692. The van der Waals surface area contributed by atoms with Crippen LogP contribution < -0.4 is 0 Å². The number of esters is 1. The topological polar surface area (TPSA) is 29.5 Å². The first-order valence-electron chi connectivity index (χ1n) is 6.20. The summed E-state index contributed by atoms with van der Waals surface area (Å²) in [7, 11) is 1.36. The van der Waals surface area contributed by atoms with E-state index in [0.717, 1.165) is 43.8 Å². The summed E-state index contributed by atoms with van der Waals surface area (Å²) in [6, 6.07) is 0. The number of nitrogens with zero attached hydrogens (tertiary/aromatic N) is 1. The minimum absolute atomic E-state index is 0.363. The van der Waals surface area contributed by atoms with Crippen molar-refractivity contribution in [3.8, 4) is 0 Å². The zero-order valence-corrected chi connectivity index (χ0v) is 11.9. The van der Waals surface area contributed by atoms with Crippen LogP contribution >= 0.6 is 12.2 Å². The van der Waals surface area contributed by atoms with Gasteiger partial charge >= 0.3 is 5.97 Å². The maximum Gasteiger partial charge on any atom is 0.330 e. The Kier molecular flexibility index (Phi) is 9.72. The van der Waals surface area contributed by atoms with Crippen molar-refractivity contribution < 1.29 is 9.53 Å². The van der Waals surface area contributed by atoms with E-state index < -0.39 is 0 Å². The SMILES string of the molecule is CCCCN(CCCC)C(=S)C=CC(=O)OC. The van der Waals surface area contributed by atoms with Crippen molar-refractivity contribution in [1.29, 1.82) is 0 Å². The van der Waals surface area contributed by atoms with Crippen molar-refractivity contribution in [2.45, 2.75) is 39.5 Å². The highest BCUT2D eigenvalue weighted by Crippen LogP contribution is 2.02. The first-order valence-corrected chi connectivity index (χ1v) is 6.61. The molecular weight excluding hydrogens is 234 g/mol. The van der Waals surface area contributed by atoms with E-state index in [2.05, 4.69) is 23.5 Å². The molecule has 4 heteroatoms. The van der Waals surface area contributed by atoms with Gasteiger partial charge in [-0.3, -0.25) is 0 Å². The van der Waals surface area contributed by atoms with Gasteiger partial charge < -0.3 is 9.64 Å². The number of carbonyl (C=O) groups excluding carboxylic acids is 1. The Morgan fingerprint density at radius 1 is 1.18 bits per heavy atom. The van der Waals surface area contributed by atoms with Gasteiger partial charge in [-0.1, -0.05) is 38.9 Å². The molecule has 0 aliphatic heterocycles. The maximum atomic E-state index is 11.0. The van der Waals surface area contributed by atoms with E-state index in [9.17, 15) is 4.79 Å². The molecule has 0 atom stereocenters. The molecule has 0 spiro atoms. The summed E-state index contributed by atoms with van der Waals surface area (Å²) in [5.74, 6) is -0.363. The molecule has 0 aliphatic rings. The molecule has 0 amide bonds. The van der Waals surface area contributed by atoms with Crippen LogP contribution in [-0.2, 0) is 9.53 Å². The van der Waals surface area contributed by atoms with E-state index in [1.807, 2.05) is 0 Å². The lowest BCUT2D eigenvalue weighted by Crippen LogP contribution is -2.30. The average Bonchev–Trinajstić information content (AvgIpc) is 2.35. The van der Waals surface area contributed by atoms with Gasteiger partial charge in [0.05, 0.1) is 7.11 Å². The molecule has 0 saturated heterocycles.